The normalized spacial score (nSPS) is 30.3. The Labute approximate surface area is 128 Å². The molecule has 124 valence electrons. The molecule has 11 heteroatoms. The molecule has 2 aromatic heterocycles. The third-order valence-electron chi connectivity index (χ3n) is 4.31. The zero-order chi connectivity index (χ0) is 16.9. The van der Waals surface area contributed by atoms with Crippen LogP contribution >= 0.6 is 0 Å². The first-order valence-corrected chi connectivity index (χ1v) is 6.75. The van der Waals surface area contributed by atoms with Crippen molar-refractivity contribution in [3.05, 3.63) is 16.7 Å². The number of nitrogens with zero attached hydrogens (tertiary/aromatic N) is 3. The van der Waals surface area contributed by atoms with Crippen LogP contribution in [0.2, 0.25) is 0 Å². The van der Waals surface area contributed by atoms with Crippen LogP contribution < -0.4 is 11.3 Å². The van der Waals surface area contributed by atoms with Gasteiger partial charge in [0, 0.05) is 5.92 Å². The monoisotopic (exact) mass is 325 g/mol. The topological polar surface area (TPSA) is 188 Å². The summed E-state index contributed by atoms with van der Waals surface area (Å²) in [6.07, 6.45) is -0.722. The Morgan fingerprint density at radius 2 is 2.22 bits per heavy atom. The minimum Gasteiger partial charge on any atom is -0.481 e. The van der Waals surface area contributed by atoms with Gasteiger partial charge >= 0.3 is 5.97 Å². The molecule has 0 saturated heterocycles. The highest BCUT2D eigenvalue weighted by Crippen LogP contribution is 2.49. The van der Waals surface area contributed by atoms with Gasteiger partial charge in [0.25, 0.3) is 5.56 Å². The third-order valence-corrected chi connectivity index (χ3v) is 4.31. The van der Waals surface area contributed by atoms with Crippen LogP contribution in [0.5, 0.6) is 0 Å². The Morgan fingerprint density at radius 1 is 1.52 bits per heavy atom. The smallest absolute Gasteiger partial charge is 0.303 e. The molecule has 0 bridgehead atoms. The Hall–Kier alpha value is -2.50. The van der Waals surface area contributed by atoms with Crippen molar-refractivity contribution < 1.29 is 25.2 Å². The lowest BCUT2D eigenvalue weighted by Crippen LogP contribution is -2.68. The van der Waals surface area contributed by atoms with Crippen LogP contribution in [0.3, 0.4) is 0 Å². The van der Waals surface area contributed by atoms with Crippen LogP contribution in [0.25, 0.3) is 11.2 Å². The number of anilines is 1. The van der Waals surface area contributed by atoms with Crippen molar-refractivity contribution >= 4 is 23.1 Å². The molecule has 1 fully saturated rings. The van der Waals surface area contributed by atoms with Crippen LogP contribution in [-0.2, 0) is 4.79 Å². The highest BCUT2D eigenvalue weighted by molar-refractivity contribution is 5.71. The number of hydrogen-bond acceptors (Lipinski definition) is 8. The summed E-state index contributed by atoms with van der Waals surface area (Å²) < 4.78 is 1.29. The van der Waals surface area contributed by atoms with E-state index in [2.05, 4.69) is 15.0 Å². The van der Waals surface area contributed by atoms with Gasteiger partial charge in [-0.1, -0.05) is 0 Å². The number of aromatic amines is 1. The maximum Gasteiger partial charge on any atom is 0.303 e. The predicted molar refractivity (Wildman–Crippen MR) is 75.4 cm³/mol. The highest BCUT2D eigenvalue weighted by Gasteiger charge is 2.62. The van der Waals surface area contributed by atoms with Crippen molar-refractivity contribution in [2.45, 2.75) is 24.2 Å². The zero-order valence-corrected chi connectivity index (χ0v) is 11.7. The summed E-state index contributed by atoms with van der Waals surface area (Å²) in [4.78, 5) is 32.9. The number of fused-ring (bicyclic) bond motifs is 1. The van der Waals surface area contributed by atoms with E-state index >= 15 is 0 Å². The van der Waals surface area contributed by atoms with Gasteiger partial charge in [0.15, 0.2) is 11.2 Å². The molecule has 0 aliphatic heterocycles. The summed E-state index contributed by atoms with van der Waals surface area (Å²) in [5.74, 6) is -2.35. The van der Waals surface area contributed by atoms with Crippen LogP contribution in [0.4, 0.5) is 5.95 Å². The van der Waals surface area contributed by atoms with E-state index in [4.69, 9.17) is 10.8 Å². The molecule has 3 rings (SSSR count). The van der Waals surface area contributed by atoms with Gasteiger partial charge in [0.1, 0.15) is 11.7 Å². The average molecular weight is 325 g/mol. The largest absolute Gasteiger partial charge is 0.481 e. The van der Waals surface area contributed by atoms with E-state index in [0.29, 0.717) is 0 Å². The fraction of sp³-hybridized carbons (Fsp3) is 0.500. The lowest BCUT2D eigenvalue weighted by Gasteiger charge is -2.54. The van der Waals surface area contributed by atoms with E-state index in [1.807, 2.05) is 0 Å². The molecule has 7 N–H and O–H groups in total. The number of rotatable bonds is 4. The van der Waals surface area contributed by atoms with Crippen molar-refractivity contribution in [2.75, 3.05) is 12.3 Å². The second kappa shape index (κ2) is 5.01. The van der Waals surface area contributed by atoms with Crippen molar-refractivity contribution in [2.24, 2.45) is 5.92 Å². The number of carboxylic acids is 1. The molecule has 0 unspecified atom stereocenters. The quantitative estimate of drug-likeness (QED) is 0.351. The molecule has 11 nitrogen and oxygen atoms in total. The lowest BCUT2D eigenvalue weighted by atomic mass is 9.61. The SMILES string of the molecule is Nc1nc2c(ncn2[C@H]2[C@H](O)[C@](O)(CO)[C@H]2CC(=O)O)c(=O)[nH]1. The second-order valence-electron chi connectivity index (χ2n) is 5.56. The van der Waals surface area contributed by atoms with Gasteiger partial charge in [-0.15, -0.1) is 0 Å². The predicted octanol–water partition coefficient (Wildman–Crippen LogP) is -2.57. The molecular weight excluding hydrogens is 310 g/mol. The molecule has 1 aliphatic carbocycles. The number of hydrogen-bond donors (Lipinski definition) is 6. The minimum atomic E-state index is -1.95. The molecule has 4 atom stereocenters. The molecule has 23 heavy (non-hydrogen) atoms. The van der Waals surface area contributed by atoms with E-state index in [9.17, 15) is 24.9 Å². The van der Waals surface area contributed by atoms with Gasteiger partial charge in [-0.2, -0.15) is 4.98 Å². The summed E-state index contributed by atoms with van der Waals surface area (Å²) in [7, 11) is 0. The Bertz CT molecular complexity index is 831. The third kappa shape index (κ3) is 2.09. The maximum absolute atomic E-state index is 11.8. The number of H-pyrrole nitrogens is 1. The fourth-order valence-electron chi connectivity index (χ4n) is 3.12. The van der Waals surface area contributed by atoms with Crippen LogP contribution in [0, 0.1) is 5.92 Å². The van der Waals surface area contributed by atoms with Gasteiger partial charge < -0.3 is 30.7 Å². The molecule has 2 heterocycles. The number of aliphatic carboxylic acids is 1. The lowest BCUT2D eigenvalue weighted by molar-refractivity contribution is -0.244. The first-order chi connectivity index (χ1) is 10.8. The molecule has 0 amide bonds. The number of carboxylic acid groups (broad SMARTS) is 1. The Kier molecular flexibility index (Phi) is 3.35. The minimum absolute atomic E-state index is 0.0279. The van der Waals surface area contributed by atoms with Crippen LogP contribution in [0.1, 0.15) is 12.5 Å². The molecular formula is C12H15N5O6. The zero-order valence-electron chi connectivity index (χ0n) is 11.7. The van der Waals surface area contributed by atoms with Crippen LogP contribution in [-0.4, -0.2) is 64.2 Å². The molecule has 1 aliphatic rings. The Balaban J connectivity index is 2.10. The summed E-state index contributed by atoms with van der Waals surface area (Å²) in [6.45, 7) is -0.800. The number of carbonyl (C=O) groups is 1. The number of aromatic nitrogens is 4. The Morgan fingerprint density at radius 3 is 2.83 bits per heavy atom. The fourth-order valence-corrected chi connectivity index (χ4v) is 3.12. The van der Waals surface area contributed by atoms with Crippen LogP contribution in [0.15, 0.2) is 11.1 Å². The summed E-state index contributed by atoms with van der Waals surface area (Å²) in [6, 6.07) is -0.915. The number of nitrogen functional groups attached to an aromatic ring is 1. The van der Waals surface area contributed by atoms with Gasteiger partial charge in [-0.3, -0.25) is 14.6 Å². The maximum atomic E-state index is 11.8. The first-order valence-electron chi connectivity index (χ1n) is 6.75. The van der Waals surface area contributed by atoms with E-state index in [-0.39, 0.29) is 17.1 Å². The van der Waals surface area contributed by atoms with Gasteiger partial charge in [0.05, 0.1) is 25.4 Å². The summed E-state index contributed by atoms with van der Waals surface area (Å²) >= 11 is 0. The number of nitrogens with two attached hydrogens (primary N) is 1. The number of nitrogens with one attached hydrogen (secondary N) is 1. The molecule has 0 spiro atoms. The van der Waals surface area contributed by atoms with E-state index in [0.717, 1.165) is 0 Å². The van der Waals surface area contributed by atoms with Crippen molar-refractivity contribution in [3.63, 3.8) is 0 Å². The van der Waals surface area contributed by atoms with E-state index in [1.54, 1.807) is 0 Å². The molecule has 0 radical (unpaired) electrons. The second-order valence-corrected chi connectivity index (χ2v) is 5.56. The van der Waals surface area contributed by atoms with E-state index in [1.165, 1.54) is 10.9 Å². The van der Waals surface area contributed by atoms with Gasteiger partial charge in [0.2, 0.25) is 5.95 Å². The van der Waals surface area contributed by atoms with Crippen molar-refractivity contribution in [1.82, 2.24) is 19.5 Å². The average Bonchev–Trinajstić information content (AvgIpc) is 2.89. The number of aliphatic hydroxyl groups is 3. The highest BCUT2D eigenvalue weighted by atomic mass is 16.4. The summed E-state index contributed by atoms with van der Waals surface area (Å²) in [5, 5.41) is 38.7. The molecule has 0 aromatic carbocycles. The molecule has 1 saturated carbocycles. The number of aliphatic hydroxyl groups excluding tert-OH is 2. The van der Waals surface area contributed by atoms with Gasteiger partial charge in [-0.25, -0.2) is 4.98 Å². The van der Waals surface area contributed by atoms with Gasteiger partial charge in [-0.05, 0) is 0 Å². The van der Waals surface area contributed by atoms with E-state index < -0.39 is 48.2 Å². The number of imidazole rings is 1. The first kappa shape index (κ1) is 15.4. The summed E-state index contributed by atoms with van der Waals surface area (Å²) in [5.41, 5.74) is 2.99. The standard InChI is InChI=1S/C12H15N5O6/c13-11-15-9-6(10(22)16-11)14-3-17(9)7-4(1-5(19)20)12(23,2-18)8(7)21/h3-4,7-8,18,21,23H,1-2H2,(H,19,20)(H3,13,15,16,22)/t4-,7+,8-,12-/m0/s1. The molecule has 2 aromatic rings. The van der Waals surface area contributed by atoms with Crippen molar-refractivity contribution in [1.29, 1.82) is 0 Å². The van der Waals surface area contributed by atoms with Crippen molar-refractivity contribution in [3.8, 4) is 0 Å².